The van der Waals surface area contributed by atoms with Crippen molar-refractivity contribution in [3.05, 3.63) is 68.4 Å². The van der Waals surface area contributed by atoms with E-state index in [-0.39, 0.29) is 11.1 Å². The van der Waals surface area contributed by atoms with Crippen molar-refractivity contribution in [2.75, 3.05) is 6.54 Å². The molecular formula is C16H15Cl3FN. The van der Waals surface area contributed by atoms with Gasteiger partial charge < -0.3 is 5.32 Å². The van der Waals surface area contributed by atoms with E-state index < -0.39 is 5.82 Å². The SMILES string of the molecule is CCNC(Cc1ccc(Cl)c(Cl)c1)c1cccc(F)c1Cl. The van der Waals surface area contributed by atoms with Gasteiger partial charge in [0.2, 0.25) is 0 Å². The van der Waals surface area contributed by atoms with Gasteiger partial charge in [-0.2, -0.15) is 0 Å². The molecule has 5 heteroatoms. The normalized spacial score (nSPS) is 12.4. The minimum absolute atomic E-state index is 0.0876. The minimum Gasteiger partial charge on any atom is -0.310 e. The lowest BCUT2D eigenvalue weighted by atomic mass is 9.98. The fourth-order valence-corrected chi connectivity index (χ4v) is 2.81. The first-order valence-corrected chi connectivity index (χ1v) is 7.77. The second-order valence-corrected chi connectivity index (χ2v) is 5.90. The number of rotatable bonds is 5. The molecule has 1 atom stereocenters. The Labute approximate surface area is 139 Å². The molecule has 112 valence electrons. The molecule has 0 fully saturated rings. The van der Waals surface area contributed by atoms with E-state index in [1.54, 1.807) is 12.1 Å². The van der Waals surface area contributed by atoms with Gasteiger partial charge in [-0.3, -0.25) is 0 Å². The summed E-state index contributed by atoms with van der Waals surface area (Å²) >= 11 is 18.0. The average molecular weight is 347 g/mol. The molecule has 2 aromatic rings. The molecule has 0 aliphatic carbocycles. The van der Waals surface area contributed by atoms with Crippen molar-refractivity contribution in [2.24, 2.45) is 0 Å². The first kappa shape index (κ1) is 16.6. The van der Waals surface area contributed by atoms with Gasteiger partial charge in [0, 0.05) is 6.04 Å². The number of halogens is 4. The van der Waals surface area contributed by atoms with E-state index in [0.717, 1.165) is 17.7 Å². The van der Waals surface area contributed by atoms with Crippen LogP contribution >= 0.6 is 34.8 Å². The second-order valence-electron chi connectivity index (χ2n) is 4.71. The highest BCUT2D eigenvalue weighted by molar-refractivity contribution is 6.42. The van der Waals surface area contributed by atoms with Crippen LogP contribution < -0.4 is 5.32 Å². The largest absolute Gasteiger partial charge is 0.310 e. The van der Waals surface area contributed by atoms with Crippen LogP contribution in [0.2, 0.25) is 15.1 Å². The molecule has 0 amide bonds. The summed E-state index contributed by atoms with van der Waals surface area (Å²) < 4.78 is 13.6. The van der Waals surface area contributed by atoms with Crippen LogP contribution in [0, 0.1) is 5.82 Å². The third-order valence-corrected chi connectivity index (χ3v) is 4.37. The average Bonchev–Trinajstić information content (AvgIpc) is 2.45. The molecule has 21 heavy (non-hydrogen) atoms. The molecular weight excluding hydrogens is 332 g/mol. The molecule has 2 aromatic carbocycles. The van der Waals surface area contributed by atoms with Crippen LogP contribution in [0.3, 0.4) is 0 Å². The van der Waals surface area contributed by atoms with Crippen molar-refractivity contribution in [2.45, 2.75) is 19.4 Å². The zero-order chi connectivity index (χ0) is 15.4. The zero-order valence-electron chi connectivity index (χ0n) is 11.5. The fourth-order valence-electron chi connectivity index (χ4n) is 2.23. The summed E-state index contributed by atoms with van der Waals surface area (Å²) in [5, 5.41) is 4.51. The van der Waals surface area contributed by atoms with Gasteiger partial charge >= 0.3 is 0 Å². The Morgan fingerprint density at radius 3 is 2.52 bits per heavy atom. The monoisotopic (exact) mass is 345 g/mol. The van der Waals surface area contributed by atoms with Crippen LogP contribution in [0.15, 0.2) is 36.4 Å². The number of likely N-dealkylation sites (N-methyl/N-ethyl adjacent to an activating group) is 1. The van der Waals surface area contributed by atoms with Crippen molar-refractivity contribution in [1.29, 1.82) is 0 Å². The fraction of sp³-hybridized carbons (Fsp3) is 0.250. The zero-order valence-corrected chi connectivity index (χ0v) is 13.7. The topological polar surface area (TPSA) is 12.0 Å². The highest BCUT2D eigenvalue weighted by atomic mass is 35.5. The number of nitrogens with one attached hydrogen (secondary N) is 1. The number of hydrogen-bond donors (Lipinski definition) is 1. The maximum Gasteiger partial charge on any atom is 0.142 e. The molecule has 1 N–H and O–H groups in total. The molecule has 1 nitrogen and oxygen atoms in total. The molecule has 2 rings (SSSR count). The molecule has 0 aliphatic heterocycles. The molecule has 0 radical (unpaired) electrons. The summed E-state index contributed by atoms with van der Waals surface area (Å²) in [5.74, 6) is -0.411. The van der Waals surface area contributed by atoms with E-state index >= 15 is 0 Å². The predicted octanol–water partition coefficient (Wildman–Crippen LogP) is 5.68. The van der Waals surface area contributed by atoms with Crippen molar-refractivity contribution in [1.82, 2.24) is 5.32 Å². The minimum atomic E-state index is -0.411. The van der Waals surface area contributed by atoms with Gasteiger partial charge in [-0.1, -0.05) is 59.9 Å². The quantitative estimate of drug-likeness (QED) is 0.734. The van der Waals surface area contributed by atoms with Crippen molar-refractivity contribution < 1.29 is 4.39 Å². The first-order chi connectivity index (χ1) is 10.0. The Morgan fingerprint density at radius 1 is 1.10 bits per heavy atom. The molecule has 0 aromatic heterocycles. The smallest absolute Gasteiger partial charge is 0.142 e. The van der Waals surface area contributed by atoms with Gasteiger partial charge in [0.1, 0.15) is 5.82 Å². The molecule has 0 spiro atoms. The second kappa shape index (κ2) is 7.46. The first-order valence-electron chi connectivity index (χ1n) is 6.64. The number of hydrogen-bond acceptors (Lipinski definition) is 1. The van der Waals surface area contributed by atoms with Crippen molar-refractivity contribution in [3.63, 3.8) is 0 Å². The Hall–Kier alpha value is -0.800. The van der Waals surface area contributed by atoms with E-state index in [4.69, 9.17) is 34.8 Å². The molecule has 0 saturated heterocycles. The Morgan fingerprint density at radius 2 is 1.86 bits per heavy atom. The van der Waals surface area contributed by atoms with Crippen LogP contribution in [0.25, 0.3) is 0 Å². The van der Waals surface area contributed by atoms with Crippen molar-refractivity contribution >= 4 is 34.8 Å². The van der Waals surface area contributed by atoms with Gasteiger partial charge in [0.25, 0.3) is 0 Å². The standard InChI is InChI=1S/C16H15Cl3FN/c1-2-21-15(11-4-3-5-14(20)16(11)19)9-10-6-7-12(17)13(18)8-10/h3-8,15,21H,2,9H2,1H3. The van der Waals surface area contributed by atoms with E-state index in [0.29, 0.717) is 16.5 Å². The van der Waals surface area contributed by atoms with Crippen LogP contribution in [0.1, 0.15) is 24.1 Å². The van der Waals surface area contributed by atoms with Gasteiger partial charge in [-0.25, -0.2) is 4.39 Å². The van der Waals surface area contributed by atoms with E-state index in [1.807, 2.05) is 25.1 Å². The lowest BCUT2D eigenvalue weighted by Gasteiger charge is -2.20. The maximum absolute atomic E-state index is 13.6. The van der Waals surface area contributed by atoms with E-state index in [9.17, 15) is 4.39 Å². The third kappa shape index (κ3) is 4.10. The lowest BCUT2D eigenvalue weighted by Crippen LogP contribution is -2.23. The van der Waals surface area contributed by atoms with Crippen LogP contribution in [0.4, 0.5) is 4.39 Å². The highest BCUT2D eigenvalue weighted by Gasteiger charge is 2.17. The highest BCUT2D eigenvalue weighted by Crippen LogP contribution is 2.30. The Kier molecular flexibility index (Phi) is 5.88. The Bertz CT molecular complexity index is 631. The molecule has 0 saturated carbocycles. The summed E-state index contributed by atoms with van der Waals surface area (Å²) in [6, 6.07) is 10.2. The summed E-state index contributed by atoms with van der Waals surface area (Å²) in [6.45, 7) is 2.74. The van der Waals surface area contributed by atoms with Gasteiger partial charge in [0.05, 0.1) is 15.1 Å². The third-order valence-electron chi connectivity index (χ3n) is 3.23. The summed E-state index contributed by atoms with van der Waals surface area (Å²) in [7, 11) is 0. The summed E-state index contributed by atoms with van der Waals surface area (Å²) in [6.07, 6.45) is 0.647. The van der Waals surface area contributed by atoms with E-state index in [1.165, 1.54) is 6.07 Å². The van der Waals surface area contributed by atoms with Crippen molar-refractivity contribution in [3.8, 4) is 0 Å². The Balaban J connectivity index is 2.30. The molecule has 1 unspecified atom stereocenters. The number of benzene rings is 2. The predicted molar refractivity (Wildman–Crippen MR) is 88.0 cm³/mol. The van der Waals surface area contributed by atoms with Crippen LogP contribution in [-0.2, 0) is 6.42 Å². The van der Waals surface area contributed by atoms with Gasteiger partial charge in [0.15, 0.2) is 0 Å². The molecule has 0 bridgehead atoms. The molecule has 0 heterocycles. The van der Waals surface area contributed by atoms with Gasteiger partial charge in [-0.15, -0.1) is 0 Å². The lowest BCUT2D eigenvalue weighted by molar-refractivity contribution is 0.543. The van der Waals surface area contributed by atoms with Crippen LogP contribution in [0.5, 0.6) is 0 Å². The van der Waals surface area contributed by atoms with E-state index in [2.05, 4.69) is 5.32 Å². The maximum atomic E-state index is 13.6. The van der Waals surface area contributed by atoms with Gasteiger partial charge in [-0.05, 0) is 42.3 Å². The summed E-state index contributed by atoms with van der Waals surface area (Å²) in [4.78, 5) is 0. The summed E-state index contributed by atoms with van der Waals surface area (Å²) in [5.41, 5.74) is 1.75. The molecule has 0 aliphatic rings. The van der Waals surface area contributed by atoms with Crippen LogP contribution in [-0.4, -0.2) is 6.54 Å².